The fraction of sp³-hybridized carbons (Fsp3) is 1.00. The molecule has 0 aliphatic rings. The highest BCUT2D eigenvalue weighted by Crippen LogP contribution is 1.96. The van der Waals surface area contributed by atoms with Crippen molar-refractivity contribution < 1.29 is 0 Å². The van der Waals surface area contributed by atoms with Crippen molar-refractivity contribution in [2.45, 2.75) is 40.7 Å². The number of likely N-dealkylation sites (N-methyl/N-ethyl adjacent to an activating group) is 2. The SMILES string of the molecule is CC.CCN(C)CC(C)N(C)CC. The first kappa shape index (κ1) is 15.4. The molecule has 1 unspecified atom stereocenters. The van der Waals surface area contributed by atoms with Crippen LogP contribution in [0.3, 0.4) is 0 Å². The highest BCUT2D eigenvalue weighted by molar-refractivity contribution is 4.65. The average molecular weight is 188 g/mol. The zero-order valence-corrected chi connectivity index (χ0v) is 10.6. The summed E-state index contributed by atoms with van der Waals surface area (Å²) < 4.78 is 0. The first-order valence-corrected chi connectivity index (χ1v) is 5.50. The number of hydrogen-bond donors (Lipinski definition) is 0. The summed E-state index contributed by atoms with van der Waals surface area (Å²) in [5.74, 6) is 0. The van der Waals surface area contributed by atoms with Crippen molar-refractivity contribution in [1.29, 1.82) is 0 Å². The maximum Gasteiger partial charge on any atom is 0.0191 e. The molecule has 0 N–H and O–H groups in total. The number of rotatable bonds is 5. The van der Waals surface area contributed by atoms with E-state index in [0.29, 0.717) is 6.04 Å². The second kappa shape index (κ2) is 10.0. The lowest BCUT2D eigenvalue weighted by Gasteiger charge is -2.27. The molecule has 0 heterocycles. The Morgan fingerprint density at radius 3 is 1.77 bits per heavy atom. The molecule has 0 fully saturated rings. The fourth-order valence-electron chi connectivity index (χ4n) is 1.03. The summed E-state index contributed by atoms with van der Waals surface area (Å²) in [7, 11) is 4.34. The van der Waals surface area contributed by atoms with E-state index in [9.17, 15) is 0 Å². The van der Waals surface area contributed by atoms with E-state index in [1.165, 1.54) is 6.54 Å². The quantitative estimate of drug-likeness (QED) is 0.653. The minimum Gasteiger partial charge on any atom is -0.305 e. The topological polar surface area (TPSA) is 6.48 Å². The predicted molar refractivity (Wildman–Crippen MR) is 62.3 cm³/mol. The molecule has 1 atom stereocenters. The maximum absolute atomic E-state index is 2.37. The van der Waals surface area contributed by atoms with Gasteiger partial charge >= 0.3 is 0 Å². The monoisotopic (exact) mass is 188 g/mol. The van der Waals surface area contributed by atoms with E-state index in [0.717, 1.165) is 13.1 Å². The summed E-state index contributed by atoms with van der Waals surface area (Å²) in [6.07, 6.45) is 0. The third-order valence-corrected chi connectivity index (χ3v) is 2.37. The zero-order chi connectivity index (χ0) is 10.9. The molecule has 13 heavy (non-hydrogen) atoms. The molecule has 0 aromatic heterocycles. The summed E-state index contributed by atoms with van der Waals surface area (Å²) in [6.45, 7) is 14.1. The van der Waals surface area contributed by atoms with Gasteiger partial charge in [-0.25, -0.2) is 0 Å². The van der Waals surface area contributed by atoms with Crippen molar-refractivity contribution in [3.8, 4) is 0 Å². The van der Waals surface area contributed by atoms with Gasteiger partial charge in [-0.05, 0) is 34.1 Å². The minimum atomic E-state index is 0.671. The summed E-state index contributed by atoms with van der Waals surface area (Å²) in [5, 5.41) is 0. The molecular weight excluding hydrogens is 160 g/mol. The third-order valence-electron chi connectivity index (χ3n) is 2.37. The smallest absolute Gasteiger partial charge is 0.0191 e. The highest BCUT2D eigenvalue weighted by Gasteiger charge is 2.07. The second-order valence-electron chi connectivity index (χ2n) is 3.28. The minimum absolute atomic E-state index is 0.671. The van der Waals surface area contributed by atoms with Crippen LogP contribution in [0.4, 0.5) is 0 Å². The van der Waals surface area contributed by atoms with Gasteiger partial charge in [0.1, 0.15) is 0 Å². The Balaban J connectivity index is 0. The Morgan fingerprint density at radius 2 is 1.46 bits per heavy atom. The molecule has 0 bridgehead atoms. The lowest BCUT2D eigenvalue weighted by atomic mass is 10.3. The molecule has 2 heteroatoms. The molecule has 0 aliphatic heterocycles. The van der Waals surface area contributed by atoms with Crippen LogP contribution < -0.4 is 0 Å². The third kappa shape index (κ3) is 8.26. The molecule has 0 rings (SSSR count). The molecule has 0 aliphatic carbocycles. The van der Waals surface area contributed by atoms with Gasteiger partial charge in [-0.1, -0.05) is 27.7 Å². The molecule has 0 aromatic carbocycles. The Hall–Kier alpha value is -0.0800. The van der Waals surface area contributed by atoms with Crippen molar-refractivity contribution in [3.63, 3.8) is 0 Å². The van der Waals surface area contributed by atoms with Crippen LogP contribution in [-0.2, 0) is 0 Å². The largest absolute Gasteiger partial charge is 0.305 e. The van der Waals surface area contributed by atoms with E-state index in [1.807, 2.05) is 13.8 Å². The van der Waals surface area contributed by atoms with Crippen LogP contribution in [0.2, 0.25) is 0 Å². The standard InChI is InChI=1S/C9H22N2.C2H6/c1-6-10(4)8-9(3)11(5)7-2;1-2/h9H,6-8H2,1-5H3;1-2H3. The van der Waals surface area contributed by atoms with Gasteiger partial charge in [0, 0.05) is 12.6 Å². The van der Waals surface area contributed by atoms with Gasteiger partial charge < -0.3 is 9.80 Å². The van der Waals surface area contributed by atoms with Gasteiger partial charge in [0.15, 0.2) is 0 Å². The van der Waals surface area contributed by atoms with Crippen LogP contribution in [0.5, 0.6) is 0 Å². The van der Waals surface area contributed by atoms with Gasteiger partial charge in [0.2, 0.25) is 0 Å². The first-order valence-electron chi connectivity index (χ1n) is 5.50. The predicted octanol–water partition coefficient (Wildman–Crippen LogP) is 2.30. The van der Waals surface area contributed by atoms with Gasteiger partial charge in [-0.15, -0.1) is 0 Å². The van der Waals surface area contributed by atoms with E-state index in [-0.39, 0.29) is 0 Å². The van der Waals surface area contributed by atoms with E-state index >= 15 is 0 Å². The first-order chi connectivity index (χ1) is 6.11. The number of hydrogen-bond acceptors (Lipinski definition) is 2. The number of nitrogens with zero attached hydrogens (tertiary/aromatic N) is 2. The van der Waals surface area contributed by atoms with E-state index < -0.39 is 0 Å². The molecule has 0 spiro atoms. The molecule has 0 amide bonds. The van der Waals surface area contributed by atoms with Crippen molar-refractivity contribution in [1.82, 2.24) is 9.80 Å². The van der Waals surface area contributed by atoms with E-state index in [2.05, 4.69) is 44.7 Å². The average Bonchev–Trinajstić information content (AvgIpc) is 2.19. The normalized spacial score (nSPS) is 12.7. The van der Waals surface area contributed by atoms with Gasteiger partial charge in [0.05, 0.1) is 0 Å². The molecule has 82 valence electrons. The zero-order valence-electron chi connectivity index (χ0n) is 10.6. The summed E-state index contributed by atoms with van der Waals surface area (Å²) in [6, 6.07) is 0.671. The maximum atomic E-state index is 2.37. The Labute approximate surface area is 84.9 Å². The highest BCUT2D eigenvalue weighted by atomic mass is 15.2. The molecule has 2 nitrogen and oxygen atoms in total. The lowest BCUT2D eigenvalue weighted by Crippen LogP contribution is -2.38. The van der Waals surface area contributed by atoms with Gasteiger partial charge in [0.25, 0.3) is 0 Å². The van der Waals surface area contributed by atoms with E-state index in [4.69, 9.17) is 0 Å². The van der Waals surface area contributed by atoms with Crippen LogP contribution >= 0.6 is 0 Å². The molecule has 0 saturated heterocycles. The molecule has 0 saturated carbocycles. The van der Waals surface area contributed by atoms with Crippen LogP contribution in [0, 0.1) is 0 Å². The Bertz CT molecular complexity index is 94.1. The molecular formula is C11H28N2. The van der Waals surface area contributed by atoms with Gasteiger partial charge in [-0.3, -0.25) is 0 Å². The summed E-state index contributed by atoms with van der Waals surface area (Å²) in [4.78, 5) is 4.71. The van der Waals surface area contributed by atoms with Crippen LogP contribution in [0.1, 0.15) is 34.6 Å². The molecule has 0 radical (unpaired) electrons. The summed E-state index contributed by atoms with van der Waals surface area (Å²) >= 11 is 0. The van der Waals surface area contributed by atoms with E-state index in [1.54, 1.807) is 0 Å². The van der Waals surface area contributed by atoms with Gasteiger partial charge in [-0.2, -0.15) is 0 Å². The molecule has 0 aromatic rings. The van der Waals surface area contributed by atoms with Crippen molar-refractivity contribution in [3.05, 3.63) is 0 Å². The van der Waals surface area contributed by atoms with Crippen LogP contribution in [-0.4, -0.2) is 49.6 Å². The van der Waals surface area contributed by atoms with Crippen molar-refractivity contribution in [2.24, 2.45) is 0 Å². The van der Waals surface area contributed by atoms with Crippen LogP contribution in [0.25, 0.3) is 0 Å². The fourth-order valence-corrected chi connectivity index (χ4v) is 1.03. The lowest BCUT2D eigenvalue weighted by molar-refractivity contribution is 0.204. The Morgan fingerprint density at radius 1 is 1.00 bits per heavy atom. The van der Waals surface area contributed by atoms with Crippen molar-refractivity contribution in [2.75, 3.05) is 33.7 Å². The Kier molecular flexibility index (Phi) is 11.8. The van der Waals surface area contributed by atoms with Crippen LogP contribution in [0.15, 0.2) is 0 Å². The van der Waals surface area contributed by atoms with Crippen molar-refractivity contribution >= 4 is 0 Å². The second-order valence-corrected chi connectivity index (χ2v) is 3.28. The summed E-state index contributed by atoms with van der Waals surface area (Å²) in [5.41, 5.74) is 0.